The smallest absolute Gasteiger partial charge is 0.226 e. The van der Waals surface area contributed by atoms with E-state index in [1.54, 1.807) is 12.5 Å². The van der Waals surface area contributed by atoms with Crippen molar-refractivity contribution < 1.29 is 4.79 Å². The van der Waals surface area contributed by atoms with E-state index in [9.17, 15) is 4.79 Å². The van der Waals surface area contributed by atoms with E-state index in [4.69, 9.17) is 0 Å². The van der Waals surface area contributed by atoms with Crippen LogP contribution in [-0.2, 0) is 11.3 Å². The number of hydrogen-bond donors (Lipinski definition) is 3. The first-order valence-electron chi connectivity index (χ1n) is 7.61. The molecule has 1 aliphatic heterocycles. The lowest BCUT2D eigenvalue weighted by Gasteiger charge is -2.18. The van der Waals surface area contributed by atoms with E-state index in [2.05, 4.69) is 21.2 Å². The van der Waals surface area contributed by atoms with Gasteiger partial charge < -0.3 is 9.88 Å². The molecule has 1 aliphatic rings. The summed E-state index contributed by atoms with van der Waals surface area (Å²) in [5.74, 6) is 0.00706. The third-order valence-electron chi connectivity index (χ3n) is 3.93. The second-order valence-corrected chi connectivity index (χ2v) is 5.47. The second kappa shape index (κ2) is 7.20. The van der Waals surface area contributed by atoms with Crippen molar-refractivity contribution in [1.82, 2.24) is 25.7 Å². The average Bonchev–Trinajstić information content (AvgIpc) is 3.23. The van der Waals surface area contributed by atoms with Crippen LogP contribution in [0.1, 0.15) is 18.0 Å². The first-order chi connectivity index (χ1) is 10.8. The van der Waals surface area contributed by atoms with E-state index in [0.717, 1.165) is 18.5 Å². The van der Waals surface area contributed by atoms with Crippen LogP contribution in [0, 0.1) is 5.92 Å². The molecular formula is C16H21N5O. The highest BCUT2D eigenvalue weighted by Gasteiger charge is 2.33. The van der Waals surface area contributed by atoms with Crippen molar-refractivity contribution in [3.63, 3.8) is 0 Å². The number of amides is 1. The molecule has 0 saturated carbocycles. The number of aryl methyl sites for hydroxylation is 1. The molecule has 2 atom stereocenters. The summed E-state index contributed by atoms with van der Waals surface area (Å²) in [6.45, 7) is 2.19. The maximum absolute atomic E-state index is 12.4. The van der Waals surface area contributed by atoms with Gasteiger partial charge in [0.05, 0.1) is 18.3 Å². The molecule has 2 heterocycles. The molecule has 0 bridgehead atoms. The lowest BCUT2D eigenvalue weighted by molar-refractivity contribution is -0.124. The van der Waals surface area contributed by atoms with E-state index in [1.165, 1.54) is 0 Å². The number of rotatable bonds is 6. The summed E-state index contributed by atoms with van der Waals surface area (Å²) >= 11 is 0. The maximum Gasteiger partial charge on any atom is 0.226 e. The fourth-order valence-corrected chi connectivity index (χ4v) is 2.74. The normalized spacial score (nSPS) is 20.9. The van der Waals surface area contributed by atoms with Gasteiger partial charge >= 0.3 is 0 Å². The first-order valence-corrected chi connectivity index (χ1v) is 7.61. The number of nitrogens with zero attached hydrogens (tertiary/aromatic N) is 2. The number of aromatic nitrogens is 2. The van der Waals surface area contributed by atoms with Crippen LogP contribution in [0.4, 0.5) is 0 Å². The highest BCUT2D eigenvalue weighted by molar-refractivity contribution is 5.80. The zero-order valence-electron chi connectivity index (χ0n) is 12.4. The molecule has 6 nitrogen and oxygen atoms in total. The molecule has 2 aromatic rings. The lowest BCUT2D eigenvalue weighted by atomic mass is 9.94. The van der Waals surface area contributed by atoms with Crippen LogP contribution in [0.3, 0.4) is 0 Å². The van der Waals surface area contributed by atoms with Crippen LogP contribution >= 0.6 is 0 Å². The molecule has 1 fully saturated rings. The van der Waals surface area contributed by atoms with Gasteiger partial charge in [-0.05, 0) is 12.0 Å². The minimum Gasteiger partial charge on any atom is -0.356 e. The van der Waals surface area contributed by atoms with Crippen molar-refractivity contribution in [3.05, 3.63) is 54.6 Å². The number of hydrazine groups is 1. The standard InChI is InChI=1S/C16H21N5O/c22-16(18-7-4-9-21-10-8-17-12-21)14-11-19-20-15(14)13-5-2-1-3-6-13/h1-3,5-6,8,10,12,14-15,19-20H,4,7,9,11H2,(H,18,22). The molecule has 2 unspecified atom stereocenters. The van der Waals surface area contributed by atoms with Crippen LogP contribution in [0.25, 0.3) is 0 Å². The Morgan fingerprint density at radius 1 is 1.36 bits per heavy atom. The van der Waals surface area contributed by atoms with Crippen LogP contribution in [-0.4, -0.2) is 28.5 Å². The summed E-state index contributed by atoms with van der Waals surface area (Å²) in [5, 5.41) is 3.03. The SMILES string of the molecule is O=C(NCCCn1ccnc1)C1CNNC1c1ccccc1. The molecule has 3 rings (SSSR count). The Hall–Kier alpha value is -2.18. The number of nitrogens with one attached hydrogen (secondary N) is 3. The van der Waals surface area contributed by atoms with Gasteiger partial charge in [0.25, 0.3) is 0 Å². The van der Waals surface area contributed by atoms with Crippen molar-refractivity contribution in [2.24, 2.45) is 5.92 Å². The molecule has 22 heavy (non-hydrogen) atoms. The topological polar surface area (TPSA) is 71.0 Å². The first kappa shape index (κ1) is 14.7. The Morgan fingerprint density at radius 2 is 2.23 bits per heavy atom. The Labute approximate surface area is 129 Å². The Balaban J connectivity index is 1.48. The van der Waals surface area contributed by atoms with E-state index >= 15 is 0 Å². The number of carbonyl (C=O) groups is 1. The number of benzene rings is 1. The molecule has 0 aliphatic carbocycles. The fourth-order valence-electron chi connectivity index (χ4n) is 2.74. The minimum atomic E-state index is -0.0874. The zero-order valence-corrected chi connectivity index (χ0v) is 12.4. The summed E-state index contributed by atoms with van der Waals surface area (Å²) in [5.41, 5.74) is 7.42. The van der Waals surface area contributed by atoms with Gasteiger partial charge in [-0.15, -0.1) is 0 Å². The molecule has 1 saturated heterocycles. The van der Waals surface area contributed by atoms with Gasteiger partial charge in [-0.25, -0.2) is 10.4 Å². The Bertz CT molecular complexity index is 584. The van der Waals surface area contributed by atoms with Crippen molar-refractivity contribution in [2.45, 2.75) is 19.0 Å². The van der Waals surface area contributed by atoms with Crippen LogP contribution in [0.2, 0.25) is 0 Å². The van der Waals surface area contributed by atoms with Crippen molar-refractivity contribution in [2.75, 3.05) is 13.1 Å². The van der Waals surface area contributed by atoms with Crippen LogP contribution in [0.5, 0.6) is 0 Å². The van der Waals surface area contributed by atoms with Gasteiger partial charge in [0.15, 0.2) is 0 Å². The van der Waals surface area contributed by atoms with E-state index in [-0.39, 0.29) is 17.9 Å². The third-order valence-corrected chi connectivity index (χ3v) is 3.93. The van der Waals surface area contributed by atoms with E-state index in [0.29, 0.717) is 13.1 Å². The monoisotopic (exact) mass is 299 g/mol. The highest BCUT2D eigenvalue weighted by atomic mass is 16.2. The van der Waals surface area contributed by atoms with Gasteiger partial charge in [-0.2, -0.15) is 0 Å². The average molecular weight is 299 g/mol. The molecule has 0 radical (unpaired) electrons. The number of hydrogen-bond acceptors (Lipinski definition) is 4. The predicted molar refractivity (Wildman–Crippen MR) is 83.7 cm³/mol. The largest absolute Gasteiger partial charge is 0.356 e. The number of imidazole rings is 1. The van der Waals surface area contributed by atoms with E-state index in [1.807, 2.05) is 41.1 Å². The zero-order chi connectivity index (χ0) is 15.2. The summed E-state index contributed by atoms with van der Waals surface area (Å²) in [6, 6.07) is 10.1. The molecule has 116 valence electrons. The second-order valence-electron chi connectivity index (χ2n) is 5.47. The molecule has 1 aromatic heterocycles. The molecule has 6 heteroatoms. The highest BCUT2D eigenvalue weighted by Crippen LogP contribution is 2.24. The summed E-state index contributed by atoms with van der Waals surface area (Å²) < 4.78 is 2.01. The molecule has 1 aromatic carbocycles. The summed E-state index contributed by atoms with van der Waals surface area (Å²) in [7, 11) is 0. The van der Waals surface area contributed by atoms with Crippen molar-refractivity contribution in [1.29, 1.82) is 0 Å². The molecule has 3 N–H and O–H groups in total. The Kier molecular flexibility index (Phi) is 4.82. The van der Waals surface area contributed by atoms with Gasteiger partial charge in [0.2, 0.25) is 5.91 Å². The van der Waals surface area contributed by atoms with E-state index < -0.39 is 0 Å². The lowest BCUT2D eigenvalue weighted by Crippen LogP contribution is -2.35. The fraction of sp³-hybridized carbons (Fsp3) is 0.375. The van der Waals surface area contributed by atoms with Gasteiger partial charge in [-0.3, -0.25) is 10.2 Å². The van der Waals surface area contributed by atoms with Crippen molar-refractivity contribution in [3.8, 4) is 0 Å². The van der Waals surface area contributed by atoms with Gasteiger partial charge in [0, 0.05) is 32.0 Å². The predicted octanol–water partition coefficient (Wildman–Crippen LogP) is 0.855. The van der Waals surface area contributed by atoms with Crippen LogP contribution in [0.15, 0.2) is 49.1 Å². The third kappa shape index (κ3) is 3.52. The Morgan fingerprint density at radius 3 is 3.00 bits per heavy atom. The van der Waals surface area contributed by atoms with Gasteiger partial charge in [0.1, 0.15) is 0 Å². The maximum atomic E-state index is 12.4. The summed E-state index contributed by atoms with van der Waals surface area (Å²) in [4.78, 5) is 16.4. The summed E-state index contributed by atoms with van der Waals surface area (Å²) in [6.07, 6.45) is 6.38. The van der Waals surface area contributed by atoms with Crippen LogP contribution < -0.4 is 16.2 Å². The van der Waals surface area contributed by atoms with Crippen molar-refractivity contribution >= 4 is 5.91 Å². The molecule has 1 amide bonds. The molecule has 0 spiro atoms. The van der Waals surface area contributed by atoms with Gasteiger partial charge in [-0.1, -0.05) is 30.3 Å². The number of carbonyl (C=O) groups excluding carboxylic acids is 1. The quantitative estimate of drug-likeness (QED) is 0.692. The minimum absolute atomic E-state index is 0.0230. The molecular weight excluding hydrogens is 278 g/mol.